The summed E-state index contributed by atoms with van der Waals surface area (Å²) in [6.07, 6.45) is 3.47. The van der Waals surface area contributed by atoms with E-state index in [4.69, 9.17) is 4.74 Å². The number of carbonyl (C=O) groups is 2. The van der Waals surface area contributed by atoms with Crippen molar-refractivity contribution in [2.75, 3.05) is 31.0 Å². The Kier molecular flexibility index (Phi) is 6.53. The highest BCUT2D eigenvalue weighted by molar-refractivity contribution is 7.93. The summed E-state index contributed by atoms with van der Waals surface area (Å²) in [4.78, 5) is 33.1. The first kappa shape index (κ1) is 24.1. The third-order valence-corrected chi connectivity index (χ3v) is 7.97. The molecule has 0 unspecified atom stereocenters. The Hall–Kier alpha value is -3.66. The summed E-state index contributed by atoms with van der Waals surface area (Å²) < 4.78 is 34.0. The number of nitrogens with zero attached hydrogens (tertiary/aromatic N) is 3. The second-order valence-corrected chi connectivity index (χ2v) is 11.0. The van der Waals surface area contributed by atoms with Crippen LogP contribution in [0.5, 0.6) is 0 Å². The lowest BCUT2D eigenvalue weighted by Gasteiger charge is -2.39. The van der Waals surface area contributed by atoms with E-state index in [0.717, 1.165) is 18.2 Å². The second-order valence-electron chi connectivity index (χ2n) is 9.33. The first-order valence-electron chi connectivity index (χ1n) is 12.0. The fourth-order valence-corrected chi connectivity index (χ4v) is 5.58. The number of nitrogens with one attached hydrogen (secondary N) is 1. The lowest BCUT2D eigenvalue weighted by molar-refractivity contribution is 0.0404. The van der Waals surface area contributed by atoms with Crippen LogP contribution >= 0.6 is 0 Å². The SMILES string of the molecule is C[C@H]1CN(C(=O)OCC2CC2)CCN1C(=O)c1ccc(NS(=O)(=O)c2cccc3cccnc23)cc1. The summed E-state index contributed by atoms with van der Waals surface area (Å²) in [5.74, 6) is 0.339. The molecule has 1 aromatic heterocycles. The molecule has 0 bridgehead atoms. The van der Waals surface area contributed by atoms with Gasteiger partial charge in [-0.15, -0.1) is 0 Å². The van der Waals surface area contributed by atoms with Crippen LogP contribution in [0.25, 0.3) is 10.9 Å². The largest absolute Gasteiger partial charge is 0.449 e. The summed E-state index contributed by atoms with van der Waals surface area (Å²) in [6, 6.07) is 14.7. The number of piperazine rings is 1. The number of amides is 2. The number of rotatable bonds is 6. The van der Waals surface area contributed by atoms with Crippen LogP contribution in [0.1, 0.15) is 30.1 Å². The molecule has 1 saturated heterocycles. The second kappa shape index (κ2) is 9.77. The van der Waals surface area contributed by atoms with E-state index in [1.807, 2.05) is 6.92 Å². The fraction of sp³-hybridized carbons (Fsp3) is 0.346. The number of sulfonamides is 1. The van der Waals surface area contributed by atoms with E-state index in [1.54, 1.807) is 64.5 Å². The summed E-state index contributed by atoms with van der Waals surface area (Å²) in [6.45, 7) is 3.60. The van der Waals surface area contributed by atoms with Crippen molar-refractivity contribution in [2.45, 2.75) is 30.7 Å². The van der Waals surface area contributed by atoms with Gasteiger partial charge in [0.2, 0.25) is 0 Å². The summed E-state index contributed by atoms with van der Waals surface area (Å²) in [5.41, 5.74) is 1.18. The van der Waals surface area contributed by atoms with Gasteiger partial charge in [0, 0.05) is 48.5 Å². The molecule has 10 heteroatoms. The molecule has 2 amide bonds. The number of pyridine rings is 1. The summed E-state index contributed by atoms with van der Waals surface area (Å²) in [5, 5.41) is 0.728. The Labute approximate surface area is 210 Å². The van der Waals surface area contributed by atoms with Gasteiger partial charge >= 0.3 is 6.09 Å². The molecule has 0 radical (unpaired) electrons. The predicted octanol–water partition coefficient (Wildman–Crippen LogP) is 3.73. The normalized spacial score (nSPS) is 18.2. The van der Waals surface area contributed by atoms with Gasteiger partial charge in [0.05, 0.1) is 12.1 Å². The Morgan fingerprint density at radius 3 is 2.53 bits per heavy atom. The Morgan fingerprint density at radius 1 is 1.06 bits per heavy atom. The Morgan fingerprint density at radius 2 is 1.81 bits per heavy atom. The maximum atomic E-state index is 13.1. The zero-order chi connectivity index (χ0) is 25.3. The third-order valence-electron chi connectivity index (χ3n) is 6.56. The van der Waals surface area contributed by atoms with Gasteiger partial charge < -0.3 is 14.5 Å². The zero-order valence-corrected chi connectivity index (χ0v) is 20.8. The number of anilines is 1. The molecule has 1 aliphatic heterocycles. The smallest absolute Gasteiger partial charge is 0.409 e. The zero-order valence-electron chi connectivity index (χ0n) is 20.0. The van der Waals surface area contributed by atoms with Crippen molar-refractivity contribution in [1.29, 1.82) is 0 Å². The van der Waals surface area contributed by atoms with E-state index in [1.165, 1.54) is 6.07 Å². The van der Waals surface area contributed by atoms with Crippen molar-refractivity contribution in [3.63, 3.8) is 0 Å². The summed E-state index contributed by atoms with van der Waals surface area (Å²) in [7, 11) is -3.88. The molecule has 0 spiro atoms. The van der Waals surface area contributed by atoms with Gasteiger partial charge in [-0.05, 0) is 62.1 Å². The van der Waals surface area contributed by atoms with Crippen LogP contribution in [-0.4, -0.2) is 67.5 Å². The molecule has 36 heavy (non-hydrogen) atoms. The minimum atomic E-state index is -3.88. The van der Waals surface area contributed by atoms with E-state index < -0.39 is 10.0 Å². The lowest BCUT2D eigenvalue weighted by atomic mass is 10.1. The molecule has 5 rings (SSSR count). The highest BCUT2D eigenvalue weighted by atomic mass is 32.2. The number of hydrogen-bond donors (Lipinski definition) is 1. The topological polar surface area (TPSA) is 109 Å². The molecular formula is C26H28N4O5S. The predicted molar refractivity (Wildman–Crippen MR) is 135 cm³/mol. The average molecular weight is 509 g/mol. The standard InChI is InChI=1S/C26H28N4O5S/c1-18-16-29(26(32)35-17-19-7-8-19)14-15-30(18)25(31)21-9-11-22(12-10-21)28-36(33,34)23-6-2-4-20-5-3-13-27-24(20)23/h2-6,9-13,18-19,28H,7-8,14-17H2,1H3/t18-/m0/s1. The third kappa shape index (κ3) is 5.13. The van der Waals surface area contributed by atoms with Crippen LogP contribution < -0.4 is 4.72 Å². The van der Waals surface area contributed by atoms with Gasteiger partial charge in [-0.1, -0.05) is 18.2 Å². The number of aromatic nitrogens is 1. The molecule has 2 aromatic carbocycles. The molecule has 1 N–H and O–H groups in total. The number of hydrogen-bond acceptors (Lipinski definition) is 6. The van der Waals surface area contributed by atoms with Crippen LogP contribution in [-0.2, 0) is 14.8 Å². The van der Waals surface area contributed by atoms with E-state index in [0.29, 0.717) is 48.9 Å². The van der Waals surface area contributed by atoms with Crippen LogP contribution in [0.3, 0.4) is 0 Å². The van der Waals surface area contributed by atoms with Crippen LogP contribution in [0, 0.1) is 5.92 Å². The molecule has 2 aliphatic rings. The van der Waals surface area contributed by atoms with Crippen LogP contribution in [0.15, 0.2) is 65.7 Å². The highest BCUT2D eigenvalue weighted by Gasteiger charge is 2.32. The molecule has 1 atom stereocenters. The minimum absolute atomic E-state index is 0.0862. The van der Waals surface area contributed by atoms with Crippen molar-refractivity contribution in [2.24, 2.45) is 5.92 Å². The molecule has 1 aliphatic carbocycles. The molecule has 188 valence electrons. The minimum Gasteiger partial charge on any atom is -0.449 e. The number of benzene rings is 2. The van der Waals surface area contributed by atoms with Crippen molar-refractivity contribution < 1.29 is 22.7 Å². The highest BCUT2D eigenvalue weighted by Crippen LogP contribution is 2.29. The van der Waals surface area contributed by atoms with Crippen molar-refractivity contribution >= 4 is 38.6 Å². The molecule has 9 nitrogen and oxygen atoms in total. The van der Waals surface area contributed by atoms with E-state index in [2.05, 4.69) is 9.71 Å². The van der Waals surface area contributed by atoms with Gasteiger partial charge in [0.1, 0.15) is 4.90 Å². The number of para-hydroxylation sites is 1. The summed E-state index contributed by atoms with van der Waals surface area (Å²) >= 11 is 0. The van der Waals surface area contributed by atoms with Crippen molar-refractivity contribution in [3.05, 3.63) is 66.4 Å². The van der Waals surface area contributed by atoms with E-state index in [9.17, 15) is 18.0 Å². The first-order valence-corrected chi connectivity index (χ1v) is 13.5. The molecule has 2 fully saturated rings. The average Bonchev–Trinajstić information content (AvgIpc) is 3.71. The van der Waals surface area contributed by atoms with Crippen LogP contribution in [0.4, 0.5) is 10.5 Å². The van der Waals surface area contributed by atoms with Crippen molar-refractivity contribution in [1.82, 2.24) is 14.8 Å². The number of carbonyl (C=O) groups excluding carboxylic acids is 2. The first-order chi connectivity index (χ1) is 17.3. The Bertz CT molecular complexity index is 1380. The van der Waals surface area contributed by atoms with Gasteiger partial charge in [0.25, 0.3) is 15.9 Å². The van der Waals surface area contributed by atoms with E-state index >= 15 is 0 Å². The number of ether oxygens (including phenoxy) is 1. The van der Waals surface area contributed by atoms with Gasteiger partial charge in [-0.2, -0.15) is 0 Å². The molecular weight excluding hydrogens is 480 g/mol. The fourth-order valence-electron chi connectivity index (χ4n) is 4.34. The monoisotopic (exact) mass is 508 g/mol. The number of fused-ring (bicyclic) bond motifs is 1. The van der Waals surface area contributed by atoms with Gasteiger partial charge in [-0.25, -0.2) is 13.2 Å². The van der Waals surface area contributed by atoms with E-state index in [-0.39, 0.29) is 22.9 Å². The molecule has 2 heterocycles. The van der Waals surface area contributed by atoms with Gasteiger partial charge in [0.15, 0.2) is 0 Å². The van der Waals surface area contributed by atoms with Gasteiger partial charge in [-0.3, -0.25) is 14.5 Å². The van der Waals surface area contributed by atoms with Crippen LogP contribution in [0.2, 0.25) is 0 Å². The Balaban J connectivity index is 1.23. The maximum absolute atomic E-state index is 13.1. The van der Waals surface area contributed by atoms with Crippen molar-refractivity contribution in [3.8, 4) is 0 Å². The quantitative estimate of drug-likeness (QED) is 0.544. The lowest BCUT2D eigenvalue weighted by Crippen LogP contribution is -2.55. The maximum Gasteiger partial charge on any atom is 0.409 e. The molecule has 3 aromatic rings. The molecule has 1 saturated carbocycles.